The van der Waals surface area contributed by atoms with Gasteiger partial charge in [-0.3, -0.25) is 4.79 Å². The molecule has 0 N–H and O–H groups in total. The van der Waals surface area contributed by atoms with Crippen LogP contribution in [-0.4, -0.2) is 13.1 Å². The Balaban J connectivity index is 2.11. The Morgan fingerprint density at radius 1 is 1.13 bits per heavy atom. The van der Waals surface area contributed by atoms with Crippen LogP contribution in [0.1, 0.15) is 24.5 Å². The number of esters is 1. The number of carbonyl (C=O) groups is 1. The quantitative estimate of drug-likeness (QED) is 0.566. The number of hydrogen-bond donors (Lipinski definition) is 0. The van der Waals surface area contributed by atoms with Crippen molar-refractivity contribution in [2.45, 2.75) is 25.4 Å². The smallest absolute Gasteiger partial charge is 0.316 e. The zero-order chi connectivity index (χ0) is 16.7. The molecule has 120 valence electrons. The molecule has 0 aromatic heterocycles. The standard InChI is InChI=1S/C20H22O3/c1-4-14-20(2,19(21)22-3)17-10-12-18(13-11-17)23-15-16-8-6-5-7-9-16/h4-13H,1,14-15H2,2-3H3. The van der Waals surface area contributed by atoms with Crippen LogP contribution in [0.25, 0.3) is 0 Å². The molecule has 0 amide bonds. The van der Waals surface area contributed by atoms with E-state index in [1.54, 1.807) is 6.08 Å². The molecule has 0 radical (unpaired) electrons. The van der Waals surface area contributed by atoms with Crippen LogP contribution in [0.15, 0.2) is 67.3 Å². The van der Waals surface area contributed by atoms with E-state index < -0.39 is 5.41 Å². The molecule has 1 atom stereocenters. The summed E-state index contributed by atoms with van der Waals surface area (Å²) in [5.41, 5.74) is 1.27. The van der Waals surface area contributed by atoms with Crippen LogP contribution in [0.5, 0.6) is 5.75 Å². The van der Waals surface area contributed by atoms with E-state index in [1.807, 2.05) is 61.5 Å². The average Bonchev–Trinajstić information content (AvgIpc) is 2.60. The zero-order valence-corrected chi connectivity index (χ0v) is 13.6. The normalized spacial score (nSPS) is 13.0. The van der Waals surface area contributed by atoms with Gasteiger partial charge < -0.3 is 9.47 Å². The summed E-state index contributed by atoms with van der Waals surface area (Å²) in [6.45, 7) is 6.11. The summed E-state index contributed by atoms with van der Waals surface area (Å²) in [5, 5.41) is 0. The van der Waals surface area contributed by atoms with Crippen molar-refractivity contribution in [3.8, 4) is 5.75 Å². The zero-order valence-electron chi connectivity index (χ0n) is 13.6. The molecular formula is C20H22O3. The molecule has 2 aromatic carbocycles. The van der Waals surface area contributed by atoms with Crippen molar-refractivity contribution in [1.29, 1.82) is 0 Å². The van der Waals surface area contributed by atoms with Gasteiger partial charge in [-0.1, -0.05) is 48.5 Å². The van der Waals surface area contributed by atoms with Crippen LogP contribution in [0.4, 0.5) is 0 Å². The Labute approximate surface area is 137 Å². The number of carbonyl (C=O) groups excluding carboxylic acids is 1. The number of rotatable bonds is 7. The van der Waals surface area contributed by atoms with Gasteiger partial charge in [0.15, 0.2) is 0 Å². The maximum absolute atomic E-state index is 12.1. The summed E-state index contributed by atoms with van der Waals surface area (Å²) in [4.78, 5) is 12.1. The van der Waals surface area contributed by atoms with Crippen LogP contribution in [-0.2, 0) is 21.6 Å². The number of methoxy groups -OCH3 is 1. The topological polar surface area (TPSA) is 35.5 Å². The lowest BCUT2D eigenvalue weighted by Gasteiger charge is -2.26. The molecule has 0 spiro atoms. The van der Waals surface area contributed by atoms with Crippen molar-refractivity contribution >= 4 is 5.97 Å². The molecular weight excluding hydrogens is 288 g/mol. The van der Waals surface area contributed by atoms with Crippen molar-refractivity contribution in [3.63, 3.8) is 0 Å². The average molecular weight is 310 g/mol. The van der Waals surface area contributed by atoms with Crippen molar-refractivity contribution in [2.75, 3.05) is 7.11 Å². The maximum atomic E-state index is 12.1. The molecule has 23 heavy (non-hydrogen) atoms. The fourth-order valence-electron chi connectivity index (χ4n) is 2.49. The molecule has 0 heterocycles. The molecule has 0 aliphatic carbocycles. The first-order chi connectivity index (χ1) is 11.1. The van der Waals surface area contributed by atoms with Crippen LogP contribution in [0, 0.1) is 0 Å². The SMILES string of the molecule is C=CCC(C)(C(=O)OC)c1ccc(OCc2ccccc2)cc1. The van der Waals surface area contributed by atoms with E-state index in [9.17, 15) is 4.79 Å². The second-order valence-corrected chi connectivity index (χ2v) is 5.62. The second kappa shape index (κ2) is 7.63. The lowest BCUT2D eigenvalue weighted by atomic mass is 9.79. The summed E-state index contributed by atoms with van der Waals surface area (Å²) in [6.07, 6.45) is 2.25. The summed E-state index contributed by atoms with van der Waals surface area (Å²) >= 11 is 0. The van der Waals surface area contributed by atoms with Gasteiger partial charge in [0.25, 0.3) is 0 Å². The minimum absolute atomic E-state index is 0.268. The van der Waals surface area contributed by atoms with E-state index in [1.165, 1.54) is 7.11 Å². The molecule has 0 saturated carbocycles. The first-order valence-corrected chi connectivity index (χ1v) is 7.56. The molecule has 2 rings (SSSR count). The van der Waals surface area contributed by atoms with Gasteiger partial charge in [0.2, 0.25) is 0 Å². The summed E-state index contributed by atoms with van der Waals surface area (Å²) in [5.74, 6) is 0.499. The highest BCUT2D eigenvalue weighted by molar-refractivity contribution is 5.82. The predicted molar refractivity (Wildman–Crippen MR) is 91.4 cm³/mol. The van der Waals surface area contributed by atoms with Crippen LogP contribution < -0.4 is 4.74 Å². The van der Waals surface area contributed by atoms with Crippen LogP contribution in [0.2, 0.25) is 0 Å². The Bertz CT molecular complexity index is 646. The minimum atomic E-state index is -0.728. The van der Waals surface area contributed by atoms with E-state index in [4.69, 9.17) is 9.47 Å². The Morgan fingerprint density at radius 3 is 2.35 bits per heavy atom. The van der Waals surface area contributed by atoms with Crippen molar-refractivity contribution in [1.82, 2.24) is 0 Å². The van der Waals surface area contributed by atoms with E-state index in [0.29, 0.717) is 13.0 Å². The van der Waals surface area contributed by atoms with Gasteiger partial charge in [0, 0.05) is 0 Å². The number of allylic oxidation sites excluding steroid dienone is 1. The maximum Gasteiger partial charge on any atom is 0.316 e. The highest BCUT2D eigenvalue weighted by atomic mass is 16.5. The van der Waals surface area contributed by atoms with E-state index in [0.717, 1.165) is 16.9 Å². The number of benzene rings is 2. The number of hydrogen-bond acceptors (Lipinski definition) is 3. The van der Waals surface area contributed by atoms with Crippen molar-refractivity contribution < 1.29 is 14.3 Å². The van der Waals surface area contributed by atoms with Crippen LogP contribution in [0.3, 0.4) is 0 Å². The predicted octanol–water partition coefficient (Wildman–Crippen LogP) is 4.27. The highest BCUT2D eigenvalue weighted by Crippen LogP contribution is 2.31. The Hall–Kier alpha value is -2.55. The van der Waals surface area contributed by atoms with Gasteiger partial charge in [0.05, 0.1) is 12.5 Å². The largest absolute Gasteiger partial charge is 0.489 e. The van der Waals surface area contributed by atoms with Crippen molar-refractivity contribution in [3.05, 3.63) is 78.4 Å². The van der Waals surface area contributed by atoms with Gasteiger partial charge in [-0.05, 0) is 36.6 Å². The third-order valence-corrected chi connectivity index (χ3v) is 3.93. The molecule has 2 aromatic rings. The Kier molecular flexibility index (Phi) is 5.58. The van der Waals surface area contributed by atoms with Crippen molar-refractivity contribution in [2.24, 2.45) is 0 Å². The molecule has 0 aliphatic rings. The van der Waals surface area contributed by atoms with E-state index >= 15 is 0 Å². The monoisotopic (exact) mass is 310 g/mol. The van der Waals surface area contributed by atoms with Gasteiger partial charge in [-0.15, -0.1) is 6.58 Å². The third-order valence-electron chi connectivity index (χ3n) is 3.93. The summed E-state index contributed by atoms with van der Waals surface area (Å²) in [6, 6.07) is 17.6. The van der Waals surface area contributed by atoms with E-state index in [-0.39, 0.29) is 5.97 Å². The highest BCUT2D eigenvalue weighted by Gasteiger charge is 2.35. The van der Waals surface area contributed by atoms with Crippen LogP contribution >= 0.6 is 0 Å². The third kappa shape index (κ3) is 4.01. The van der Waals surface area contributed by atoms with Gasteiger partial charge in [0.1, 0.15) is 12.4 Å². The molecule has 3 heteroatoms. The summed E-state index contributed by atoms with van der Waals surface area (Å²) < 4.78 is 10.7. The van der Waals surface area contributed by atoms with Gasteiger partial charge in [-0.2, -0.15) is 0 Å². The lowest BCUT2D eigenvalue weighted by molar-refractivity contribution is -0.146. The van der Waals surface area contributed by atoms with Gasteiger partial charge >= 0.3 is 5.97 Å². The fourth-order valence-corrected chi connectivity index (χ4v) is 2.49. The first-order valence-electron chi connectivity index (χ1n) is 7.56. The Morgan fingerprint density at radius 2 is 1.78 bits per heavy atom. The number of ether oxygens (including phenoxy) is 2. The summed E-state index contributed by atoms with van der Waals surface area (Å²) in [7, 11) is 1.40. The fraction of sp³-hybridized carbons (Fsp3) is 0.250. The minimum Gasteiger partial charge on any atom is -0.489 e. The lowest BCUT2D eigenvalue weighted by Crippen LogP contribution is -2.33. The van der Waals surface area contributed by atoms with E-state index in [2.05, 4.69) is 6.58 Å². The molecule has 0 aliphatic heterocycles. The second-order valence-electron chi connectivity index (χ2n) is 5.62. The van der Waals surface area contributed by atoms with Gasteiger partial charge in [-0.25, -0.2) is 0 Å². The first kappa shape index (κ1) is 16.8. The molecule has 0 fully saturated rings. The molecule has 0 bridgehead atoms. The molecule has 1 unspecified atom stereocenters. The molecule has 0 saturated heterocycles. The molecule has 3 nitrogen and oxygen atoms in total.